The van der Waals surface area contributed by atoms with Gasteiger partial charge in [-0.3, -0.25) is 0 Å². The summed E-state index contributed by atoms with van der Waals surface area (Å²) >= 11 is 0. The summed E-state index contributed by atoms with van der Waals surface area (Å²) in [7, 11) is -1.72. The van der Waals surface area contributed by atoms with E-state index in [1.165, 1.54) is 0 Å². The Morgan fingerprint density at radius 3 is 2.09 bits per heavy atom. The number of hydrogen-bond donors (Lipinski definition) is 0. The molecule has 1 nitrogen and oxygen atoms in total. The highest BCUT2D eigenvalue weighted by molar-refractivity contribution is 6.90. The lowest BCUT2D eigenvalue weighted by Crippen LogP contribution is -2.43. The summed E-state index contributed by atoms with van der Waals surface area (Å²) in [5.74, 6) is 0.856. The Bertz CT molecular complexity index is 525. The first-order valence-corrected chi connectivity index (χ1v) is 10.5. The van der Waals surface area contributed by atoms with Crippen LogP contribution in [-0.4, -0.2) is 8.07 Å². The summed E-state index contributed by atoms with van der Waals surface area (Å²) < 4.78 is 5.82. The zero-order chi connectivity index (χ0) is 16.8. The molecule has 0 atom stereocenters. The van der Waals surface area contributed by atoms with Crippen LogP contribution in [0.5, 0.6) is 5.75 Å². The van der Waals surface area contributed by atoms with Gasteiger partial charge in [-0.25, -0.2) is 0 Å². The van der Waals surface area contributed by atoms with Crippen LogP contribution < -0.4 is 4.74 Å². The van der Waals surface area contributed by atoms with Crippen LogP contribution >= 0.6 is 0 Å². The largest absolute Gasteiger partial charge is 0.408 e. The third-order valence-electron chi connectivity index (χ3n) is 4.63. The third-order valence-corrected chi connectivity index (χ3v) is 10.9. The van der Waals surface area contributed by atoms with Gasteiger partial charge in [0.1, 0.15) is 11.9 Å². The molecule has 22 heavy (non-hydrogen) atoms. The topological polar surface area (TPSA) is 9.23 Å². The predicted molar refractivity (Wildman–Crippen MR) is 99.8 cm³/mol. The molecule has 120 valence electrons. The van der Waals surface area contributed by atoms with E-state index < -0.39 is 8.07 Å². The Labute approximate surface area is 137 Å². The van der Waals surface area contributed by atoms with Gasteiger partial charge in [0, 0.05) is 0 Å². The smallest absolute Gasteiger partial charge is 0.150 e. The molecule has 0 bridgehead atoms. The predicted octanol–water partition coefficient (Wildman–Crippen LogP) is 5.97. The van der Waals surface area contributed by atoms with Crippen LogP contribution in [0.4, 0.5) is 0 Å². The van der Waals surface area contributed by atoms with Gasteiger partial charge in [-0.1, -0.05) is 71.4 Å². The maximum atomic E-state index is 5.82. The van der Waals surface area contributed by atoms with E-state index in [-0.39, 0.29) is 0 Å². The van der Waals surface area contributed by atoms with E-state index >= 15 is 0 Å². The van der Waals surface area contributed by atoms with E-state index in [1.807, 2.05) is 24.3 Å². The Kier molecular flexibility index (Phi) is 6.96. The van der Waals surface area contributed by atoms with Gasteiger partial charge in [-0.2, -0.15) is 0 Å². The third kappa shape index (κ3) is 4.05. The second-order valence-electron chi connectivity index (χ2n) is 6.83. The van der Waals surface area contributed by atoms with Crippen LogP contribution in [0.3, 0.4) is 0 Å². The van der Waals surface area contributed by atoms with Crippen molar-refractivity contribution < 1.29 is 4.74 Å². The van der Waals surface area contributed by atoms with Gasteiger partial charge < -0.3 is 4.74 Å². The van der Waals surface area contributed by atoms with Crippen LogP contribution in [0.2, 0.25) is 16.6 Å². The average Bonchev–Trinajstić information content (AvgIpc) is 2.44. The fourth-order valence-electron chi connectivity index (χ4n) is 3.53. The summed E-state index contributed by atoms with van der Waals surface area (Å²) in [5, 5.41) is 0. The lowest BCUT2D eigenvalue weighted by molar-refractivity contribution is 0.514. The molecule has 0 saturated carbocycles. The number of rotatable bonds is 6. The van der Waals surface area contributed by atoms with Gasteiger partial charge >= 0.3 is 0 Å². The Morgan fingerprint density at radius 1 is 1.05 bits per heavy atom. The van der Waals surface area contributed by atoms with Gasteiger partial charge in [0.2, 0.25) is 0 Å². The fourth-order valence-corrected chi connectivity index (χ4v) is 8.62. The van der Waals surface area contributed by atoms with Crippen molar-refractivity contribution in [2.24, 2.45) is 0 Å². The van der Waals surface area contributed by atoms with Crippen LogP contribution in [0, 0.1) is 11.7 Å². The zero-order valence-electron chi connectivity index (χ0n) is 14.9. The maximum absolute atomic E-state index is 5.82. The van der Waals surface area contributed by atoms with Gasteiger partial charge in [0.15, 0.2) is 8.07 Å². The normalized spacial score (nSPS) is 11.5. The molecule has 1 aromatic carbocycles. The first-order valence-electron chi connectivity index (χ1n) is 8.24. The van der Waals surface area contributed by atoms with E-state index in [2.05, 4.69) is 65.8 Å². The lowest BCUT2D eigenvalue weighted by Gasteiger charge is -2.37. The minimum absolute atomic E-state index is 0.618. The molecule has 0 heterocycles. The van der Waals surface area contributed by atoms with Gasteiger partial charge in [-0.05, 0) is 34.7 Å². The highest BCUT2D eigenvalue weighted by Gasteiger charge is 2.42. The lowest BCUT2D eigenvalue weighted by atomic mass is 10.1. The van der Waals surface area contributed by atoms with Gasteiger partial charge in [-0.15, -0.1) is 6.58 Å². The van der Waals surface area contributed by atoms with Crippen molar-refractivity contribution in [3.05, 3.63) is 42.5 Å². The summed E-state index contributed by atoms with van der Waals surface area (Å²) in [6.07, 6.45) is 5.76. The molecule has 0 fully saturated rings. The van der Waals surface area contributed by atoms with Crippen LogP contribution in [-0.2, 0) is 6.42 Å². The summed E-state index contributed by atoms with van der Waals surface area (Å²) in [5.41, 5.74) is 6.58. The number of benzene rings is 1. The Balaban J connectivity index is 3.08. The number of allylic oxidation sites excluding steroid dienone is 1. The van der Waals surface area contributed by atoms with E-state index in [0.29, 0.717) is 16.6 Å². The van der Waals surface area contributed by atoms with Gasteiger partial charge in [0.05, 0.1) is 0 Å². The highest BCUT2D eigenvalue weighted by Crippen LogP contribution is 2.40. The summed E-state index contributed by atoms with van der Waals surface area (Å²) in [6.45, 7) is 17.7. The molecule has 0 radical (unpaired) electrons. The number of para-hydroxylation sites is 1. The van der Waals surface area contributed by atoms with Gasteiger partial charge in [0.25, 0.3) is 0 Å². The second kappa shape index (κ2) is 8.24. The molecule has 1 rings (SSSR count). The van der Waals surface area contributed by atoms with E-state index in [0.717, 1.165) is 17.7 Å². The van der Waals surface area contributed by atoms with Crippen LogP contribution in [0.15, 0.2) is 36.9 Å². The molecular formula is C20H30OSi. The van der Waals surface area contributed by atoms with Crippen molar-refractivity contribution in [1.29, 1.82) is 0 Å². The van der Waals surface area contributed by atoms with Crippen molar-refractivity contribution in [2.75, 3.05) is 0 Å². The van der Waals surface area contributed by atoms with Crippen molar-refractivity contribution in [2.45, 2.75) is 64.6 Å². The zero-order valence-corrected chi connectivity index (χ0v) is 15.9. The minimum atomic E-state index is -1.72. The quantitative estimate of drug-likeness (QED) is 0.357. The van der Waals surface area contributed by atoms with Crippen LogP contribution in [0.1, 0.15) is 47.1 Å². The fraction of sp³-hybridized carbons (Fsp3) is 0.500. The molecular weight excluding hydrogens is 284 g/mol. The Morgan fingerprint density at radius 2 is 1.59 bits per heavy atom. The highest BCUT2D eigenvalue weighted by atomic mass is 28.3. The molecule has 0 saturated heterocycles. The van der Waals surface area contributed by atoms with E-state index in [9.17, 15) is 0 Å². The molecule has 0 spiro atoms. The first-order chi connectivity index (χ1) is 10.4. The molecule has 0 aliphatic carbocycles. The molecule has 0 unspecified atom stereocenters. The molecule has 0 aliphatic rings. The van der Waals surface area contributed by atoms with Crippen molar-refractivity contribution in [1.82, 2.24) is 0 Å². The molecule has 0 aliphatic heterocycles. The molecule has 0 N–H and O–H groups in total. The van der Waals surface area contributed by atoms with Crippen molar-refractivity contribution in [3.8, 4) is 17.4 Å². The summed E-state index contributed by atoms with van der Waals surface area (Å²) in [6, 6.07) is 8.06. The van der Waals surface area contributed by atoms with Crippen LogP contribution in [0.25, 0.3) is 0 Å². The first kappa shape index (κ1) is 18.6. The SMILES string of the molecule is C=CCc1ccccc1OC#C[Si](C(C)C)(C(C)C)C(C)C. The molecule has 0 amide bonds. The molecule has 0 aromatic heterocycles. The standard InChI is InChI=1S/C20H30OSi/c1-8-11-19-12-9-10-13-20(19)21-14-15-22(16(2)3,17(4)5)18(6)7/h8-10,12-13,16-18H,1,11H2,2-7H3. The van der Waals surface area contributed by atoms with Crippen molar-refractivity contribution in [3.63, 3.8) is 0 Å². The molecule has 2 heteroatoms. The molecule has 1 aromatic rings. The van der Waals surface area contributed by atoms with E-state index in [4.69, 9.17) is 4.74 Å². The minimum Gasteiger partial charge on any atom is -0.408 e. The maximum Gasteiger partial charge on any atom is 0.150 e. The van der Waals surface area contributed by atoms with E-state index in [1.54, 1.807) is 0 Å². The average molecular weight is 315 g/mol. The monoisotopic (exact) mass is 314 g/mol. The second-order valence-corrected chi connectivity index (χ2v) is 12.4. The number of hydrogen-bond acceptors (Lipinski definition) is 1. The number of ether oxygens (including phenoxy) is 1. The van der Waals surface area contributed by atoms with Crippen molar-refractivity contribution >= 4 is 8.07 Å². The Hall–Kier alpha value is -1.46. The summed E-state index contributed by atoms with van der Waals surface area (Å²) in [4.78, 5) is 0.